The summed E-state index contributed by atoms with van der Waals surface area (Å²) in [6.07, 6.45) is 0.855. The molecule has 2 aliphatic heterocycles. The van der Waals surface area contributed by atoms with E-state index in [2.05, 4.69) is 11.6 Å². The molecule has 2 N–H and O–H groups in total. The standard InChI is InChI=1S/C27H37FN4O5S.H2/c1-17(2)14-37-21-10-19(9-20(28)11-21)23-8-7-22(24(29-23)32-13-18(3)12-26(32,4)5)25(33)30-38(35,36)31-15-27(6,34)16-31;/h7-11,17-18,34H,12-16H2,1-6H3,(H,30,33);1H/t18-;/m0./s1. The number of hydrogen-bond donors (Lipinski definition) is 2. The van der Waals surface area contributed by atoms with Crippen LogP contribution >= 0.6 is 0 Å². The molecule has 0 radical (unpaired) electrons. The van der Waals surface area contributed by atoms with E-state index >= 15 is 0 Å². The predicted molar refractivity (Wildman–Crippen MR) is 146 cm³/mol. The summed E-state index contributed by atoms with van der Waals surface area (Å²) in [6, 6.07) is 7.47. The molecule has 1 aromatic carbocycles. The number of anilines is 1. The lowest BCUT2D eigenvalue weighted by atomic mass is 9.97. The minimum atomic E-state index is -4.15. The molecule has 1 atom stereocenters. The van der Waals surface area contributed by atoms with Crippen LogP contribution in [0.5, 0.6) is 5.75 Å². The number of hydrogen-bond acceptors (Lipinski definition) is 7. The van der Waals surface area contributed by atoms with Crippen molar-refractivity contribution in [2.45, 2.75) is 59.1 Å². The van der Waals surface area contributed by atoms with Crippen LogP contribution in [0.4, 0.5) is 10.2 Å². The fourth-order valence-corrected chi connectivity index (χ4v) is 6.50. The summed E-state index contributed by atoms with van der Waals surface area (Å²) < 4.78 is 48.9. The fraction of sp³-hybridized carbons (Fsp3) is 0.556. The van der Waals surface area contributed by atoms with E-state index < -0.39 is 27.5 Å². The lowest BCUT2D eigenvalue weighted by Crippen LogP contribution is -2.64. The number of β-amino-alcohol motifs (C(OH)–C–C–N with tert-alkyl or cyclic N) is 1. The minimum Gasteiger partial charge on any atom is -0.493 e. The van der Waals surface area contributed by atoms with Crippen molar-refractivity contribution in [2.75, 3.05) is 31.1 Å². The average Bonchev–Trinajstić information content (AvgIpc) is 3.06. The highest BCUT2D eigenvalue weighted by Gasteiger charge is 2.45. The van der Waals surface area contributed by atoms with Gasteiger partial charge in [-0.2, -0.15) is 12.7 Å². The quantitative estimate of drug-likeness (QED) is 0.514. The molecule has 4 rings (SSSR count). The van der Waals surface area contributed by atoms with E-state index in [1.807, 2.05) is 32.6 Å². The highest BCUT2D eigenvalue weighted by Crippen LogP contribution is 2.38. The second kappa shape index (κ2) is 10.1. The van der Waals surface area contributed by atoms with Gasteiger partial charge in [-0.1, -0.05) is 20.8 Å². The molecule has 2 aromatic rings. The number of aromatic nitrogens is 1. The molecule has 0 aliphatic carbocycles. The first-order valence-electron chi connectivity index (χ1n) is 12.8. The van der Waals surface area contributed by atoms with Gasteiger partial charge in [0, 0.05) is 38.2 Å². The molecule has 0 spiro atoms. The molecule has 3 heterocycles. The lowest BCUT2D eigenvalue weighted by Gasteiger charge is -2.42. The van der Waals surface area contributed by atoms with Crippen molar-refractivity contribution in [3.8, 4) is 17.0 Å². The number of carbonyl (C=O) groups excluding carboxylic acids is 1. The Kier molecular flexibility index (Phi) is 7.50. The van der Waals surface area contributed by atoms with Crippen LogP contribution in [0, 0.1) is 17.7 Å². The summed E-state index contributed by atoms with van der Waals surface area (Å²) in [6.45, 7) is 12.6. The number of aliphatic hydroxyl groups is 1. The van der Waals surface area contributed by atoms with E-state index in [9.17, 15) is 22.7 Å². The van der Waals surface area contributed by atoms with Gasteiger partial charge in [0.15, 0.2) is 0 Å². The van der Waals surface area contributed by atoms with Crippen molar-refractivity contribution < 1.29 is 28.9 Å². The molecule has 11 heteroatoms. The summed E-state index contributed by atoms with van der Waals surface area (Å²) in [4.78, 5) is 20.1. The fourth-order valence-electron chi connectivity index (χ4n) is 5.13. The van der Waals surface area contributed by atoms with Crippen molar-refractivity contribution >= 4 is 21.9 Å². The Bertz CT molecular complexity index is 1330. The normalized spacial score (nSPS) is 20.9. The number of ether oxygens (including phenoxy) is 1. The van der Waals surface area contributed by atoms with Crippen molar-refractivity contribution in [2.24, 2.45) is 11.8 Å². The molecule has 1 amide bonds. The van der Waals surface area contributed by atoms with Crippen molar-refractivity contribution in [3.63, 3.8) is 0 Å². The zero-order valence-electron chi connectivity index (χ0n) is 22.8. The van der Waals surface area contributed by atoms with Crippen LogP contribution in [0.15, 0.2) is 30.3 Å². The van der Waals surface area contributed by atoms with E-state index in [4.69, 9.17) is 9.72 Å². The summed E-state index contributed by atoms with van der Waals surface area (Å²) in [7, 11) is -4.15. The number of carbonyl (C=O) groups is 1. The second-order valence-corrected chi connectivity index (χ2v) is 13.6. The number of nitrogens with one attached hydrogen (secondary N) is 1. The molecule has 2 saturated heterocycles. The van der Waals surface area contributed by atoms with Crippen molar-refractivity contribution in [3.05, 3.63) is 41.7 Å². The van der Waals surface area contributed by atoms with Crippen LogP contribution in [0.25, 0.3) is 11.3 Å². The lowest BCUT2D eigenvalue weighted by molar-refractivity contribution is -0.0431. The number of halogens is 1. The maximum atomic E-state index is 14.5. The van der Waals surface area contributed by atoms with E-state index in [1.54, 1.807) is 12.1 Å². The first kappa shape index (κ1) is 28.3. The number of benzene rings is 1. The average molecular weight is 551 g/mol. The zero-order valence-corrected chi connectivity index (χ0v) is 23.6. The first-order chi connectivity index (χ1) is 17.6. The Morgan fingerprint density at radius 2 is 1.95 bits per heavy atom. The highest BCUT2D eigenvalue weighted by atomic mass is 32.2. The van der Waals surface area contributed by atoms with Gasteiger partial charge in [-0.05, 0) is 63.3 Å². The molecule has 210 valence electrons. The van der Waals surface area contributed by atoms with E-state index in [-0.39, 0.29) is 31.5 Å². The molecule has 9 nitrogen and oxygen atoms in total. The molecule has 2 fully saturated rings. The Morgan fingerprint density at radius 1 is 1.26 bits per heavy atom. The van der Waals surface area contributed by atoms with Crippen molar-refractivity contribution in [1.82, 2.24) is 14.0 Å². The topological polar surface area (TPSA) is 112 Å². The molecule has 0 saturated carbocycles. The third-order valence-corrected chi connectivity index (χ3v) is 8.18. The molecule has 0 unspecified atom stereocenters. The predicted octanol–water partition coefficient (Wildman–Crippen LogP) is 3.83. The maximum Gasteiger partial charge on any atom is 0.304 e. The minimum absolute atomic E-state index is 0. The Labute approximate surface area is 225 Å². The summed E-state index contributed by atoms with van der Waals surface area (Å²) in [5.41, 5.74) is -0.452. The molecule has 0 bridgehead atoms. The Balaban J connectivity index is 0.00000420. The Hall–Kier alpha value is -2.76. The largest absolute Gasteiger partial charge is 0.493 e. The van der Waals surface area contributed by atoms with Crippen LogP contribution < -0.4 is 14.4 Å². The molecule has 2 aliphatic rings. The van der Waals surface area contributed by atoms with Crippen LogP contribution in [-0.2, 0) is 10.2 Å². The summed E-state index contributed by atoms with van der Waals surface area (Å²) in [5, 5.41) is 9.94. The van der Waals surface area contributed by atoms with Gasteiger partial charge in [0.05, 0.1) is 23.5 Å². The van der Waals surface area contributed by atoms with E-state index in [1.165, 1.54) is 25.1 Å². The number of pyridine rings is 1. The Morgan fingerprint density at radius 3 is 2.53 bits per heavy atom. The van der Waals surface area contributed by atoms with Crippen LogP contribution in [0.3, 0.4) is 0 Å². The van der Waals surface area contributed by atoms with Gasteiger partial charge in [0.25, 0.3) is 5.91 Å². The zero-order chi connectivity index (χ0) is 28.0. The van der Waals surface area contributed by atoms with Gasteiger partial charge in [0.2, 0.25) is 0 Å². The van der Waals surface area contributed by atoms with Gasteiger partial charge in [-0.25, -0.2) is 14.1 Å². The smallest absolute Gasteiger partial charge is 0.304 e. The molecular weight excluding hydrogens is 511 g/mol. The third kappa shape index (κ3) is 6.10. The van der Waals surface area contributed by atoms with Crippen molar-refractivity contribution in [1.29, 1.82) is 0 Å². The third-order valence-electron chi connectivity index (χ3n) is 6.79. The van der Waals surface area contributed by atoms with Gasteiger partial charge in [0.1, 0.15) is 17.4 Å². The second-order valence-electron chi connectivity index (χ2n) is 11.9. The number of rotatable bonds is 8. The molecular formula is C27H39FN4O5S. The van der Waals surface area contributed by atoms with Gasteiger partial charge < -0.3 is 14.7 Å². The van der Waals surface area contributed by atoms with Gasteiger partial charge in [-0.3, -0.25) is 4.79 Å². The van der Waals surface area contributed by atoms with E-state index in [0.717, 1.165) is 10.7 Å². The first-order valence-corrected chi connectivity index (χ1v) is 14.3. The maximum absolute atomic E-state index is 14.5. The van der Waals surface area contributed by atoms with Gasteiger partial charge >= 0.3 is 10.2 Å². The SMILES string of the molecule is CC(C)COc1cc(F)cc(-c2ccc(C(=O)NS(=O)(=O)N3CC(C)(O)C3)c(N3C[C@@H](C)CC3(C)C)n2)c1.[HH]. The highest BCUT2D eigenvalue weighted by molar-refractivity contribution is 7.87. The number of amides is 1. The summed E-state index contributed by atoms with van der Waals surface area (Å²) >= 11 is 0. The molecule has 1 aromatic heterocycles. The van der Waals surface area contributed by atoms with Crippen LogP contribution in [0.1, 0.15) is 59.7 Å². The summed E-state index contributed by atoms with van der Waals surface area (Å²) in [5.74, 6) is 0.00437. The van der Waals surface area contributed by atoms with Gasteiger partial charge in [-0.15, -0.1) is 0 Å². The number of nitrogens with zero attached hydrogens (tertiary/aromatic N) is 3. The van der Waals surface area contributed by atoms with E-state index in [0.29, 0.717) is 41.9 Å². The molecule has 38 heavy (non-hydrogen) atoms. The van der Waals surface area contributed by atoms with Crippen LogP contribution in [0.2, 0.25) is 0 Å². The van der Waals surface area contributed by atoms with Crippen LogP contribution in [-0.4, -0.2) is 66.1 Å². The monoisotopic (exact) mass is 550 g/mol.